The molecule has 1 saturated heterocycles. The molecular formula is C23H24F3N5O4. The number of anilines is 1. The summed E-state index contributed by atoms with van der Waals surface area (Å²) >= 11 is 0. The number of nitrogens with one attached hydrogen (secondary N) is 1. The number of halogens is 3. The lowest BCUT2D eigenvalue weighted by atomic mass is 10.1. The number of methoxy groups -OCH3 is 1. The Morgan fingerprint density at radius 2 is 1.97 bits per heavy atom. The van der Waals surface area contributed by atoms with Crippen LogP contribution in [-0.2, 0) is 24.1 Å². The monoisotopic (exact) mass is 491 g/mol. The van der Waals surface area contributed by atoms with Crippen LogP contribution in [0.3, 0.4) is 0 Å². The van der Waals surface area contributed by atoms with Crippen molar-refractivity contribution in [2.24, 2.45) is 0 Å². The van der Waals surface area contributed by atoms with Gasteiger partial charge in [-0.2, -0.15) is 18.2 Å². The lowest BCUT2D eigenvalue weighted by Crippen LogP contribution is -2.30. The fourth-order valence-corrected chi connectivity index (χ4v) is 3.67. The Balaban J connectivity index is 1.30. The molecule has 2 aromatic heterocycles. The molecule has 4 rings (SSSR count). The molecular weight excluding hydrogens is 467 g/mol. The van der Waals surface area contributed by atoms with Gasteiger partial charge in [0.2, 0.25) is 5.82 Å². The fraction of sp³-hybridized carbons (Fsp3) is 0.391. The number of alkyl carbamates (subject to hydrolysis) is 1. The van der Waals surface area contributed by atoms with Gasteiger partial charge in [0.25, 0.3) is 0 Å². The van der Waals surface area contributed by atoms with Gasteiger partial charge < -0.3 is 24.2 Å². The highest BCUT2D eigenvalue weighted by molar-refractivity contribution is 5.67. The predicted octanol–water partition coefficient (Wildman–Crippen LogP) is 4.58. The zero-order valence-electron chi connectivity index (χ0n) is 19.0. The Morgan fingerprint density at radius 1 is 1.17 bits per heavy atom. The summed E-state index contributed by atoms with van der Waals surface area (Å²) in [6.45, 7) is 2.14. The van der Waals surface area contributed by atoms with Gasteiger partial charge in [-0.15, -0.1) is 0 Å². The summed E-state index contributed by atoms with van der Waals surface area (Å²) in [7, 11) is 1.40. The largest absolute Gasteiger partial charge is 0.496 e. The number of aromatic nitrogens is 3. The minimum Gasteiger partial charge on any atom is -0.496 e. The third-order valence-corrected chi connectivity index (χ3v) is 5.50. The van der Waals surface area contributed by atoms with Crippen LogP contribution in [0.25, 0.3) is 11.4 Å². The van der Waals surface area contributed by atoms with Crippen molar-refractivity contribution >= 4 is 11.9 Å². The van der Waals surface area contributed by atoms with Crippen LogP contribution in [0.2, 0.25) is 0 Å². The minimum atomic E-state index is -4.73. The number of hydrogen-bond acceptors (Lipinski definition) is 8. The Hall–Kier alpha value is -3.83. The number of amides is 1. The Kier molecular flexibility index (Phi) is 7.37. The first-order valence-electron chi connectivity index (χ1n) is 11.0. The fourth-order valence-electron chi connectivity index (χ4n) is 3.67. The van der Waals surface area contributed by atoms with Gasteiger partial charge in [-0.25, -0.2) is 9.78 Å². The zero-order chi connectivity index (χ0) is 24.8. The molecule has 0 unspecified atom stereocenters. The number of hydrogen-bond donors (Lipinski definition) is 1. The Bertz CT molecular complexity index is 1140. The average Bonchev–Trinajstić information content (AvgIpc) is 3.38. The second-order valence-electron chi connectivity index (χ2n) is 7.95. The number of piperidine rings is 1. The van der Waals surface area contributed by atoms with Gasteiger partial charge in [0.15, 0.2) is 0 Å². The number of pyridine rings is 1. The molecule has 9 nitrogen and oxygen atoms in total. The number of nitrogens with zero attached hydrogens (tertiary/aromatic N) is 4. The Morgan fingerprint density at radius 3 is 2.63 bits per heavy atom. The molecule has 1 N–H and O–H groups in total. The molecule has 3 heterocycles. The van der Waals surface area contributed by atoms with Crippen molar-refractivity contribution in [3.8, 4) is 17.1 Å². The van der Waals surface area contributed by atoms with E-state index >= 15 is 0 Å². The average molecular weight is 491 g/mol. The van der Waals surface area contributed by atoms with E-state index in [2.05, 4.69) is 29.9 Å². The smallest absolute Gasteiger partial charge is 0.471 e. The summed E-state index contributed by atoms with van der Waals surface area (Å²) in [4.78, 5) is 22.2. The maximum atomic E-state index is 12.7. The van der Waals surface area contributed by atoms with Crippen molar-refractivity contribution in [2.45, 2.75) is 38.6 Å². The van der Waals surface area contributed by atoms with Crippen LogP contribution in [-0.4, -0.2) is 41.4 Å². The van der Waals surface area contributed by atoms with Crippen molar-refractivity contribution < 1.29 is 32.0 Å². The number of benzene rings is 1. The SMILES string of the molecule is COc1cc(-c2noc(C(F)(F)F)n2)ccc1CNC(=O)OCc1ccc(N2CCCCC2)nc1. The number of ether oxygens (including phenoxy) is 2. The maximum Gasteiger partial charge on any atom is 0.471 e. The summed E-state index contributed by atoms with van der Waals surface area (Å²) in [6, 6.07) is 8.36. The van der Waals surface area contributed by atoms with Gasteiger partial charge in [-0.05, 0) is 31.4 Å². The molecule has 0 aliphatic carbocycles. The molecule has 12 heteroatoms. The van der Waals surface area contributed by atoms with Gasteiger partial charge in [-0.1, -0.05) is 23.4 Å². The first-order valence-corrected chi connectivity index (χ1v) is 11.0. The lowest BCUT2D eigenvalue weighted by Gasteiger charge is -2.27. The van der Waals surface area contributed by atoms with Crippen LogP contribution < -0.4 is 15.0 Å². The van der Waals surface area contributed by atoms with Crippen molar-refractivity contribution in [2.75, 3.05) is 25.1 Å². The van der Waals surface area contributed by atoms with E-state index in [1.54, 1.807) is 12.3 Å². The summed E-state index contributed by atoms with van der Waals surface area (Å²) in [5.41, 5.74) is 1.62. The standard InChI is InChI=1S/C23H24F3N5O4/c1-33-18-11-16(20-29-21(35-30-20)23(24,25)26)6-7-17(18)13-28-22(32)34-14-15-5-8-19(27-12-15)31-9-3-2-4-10-31/h5-8,11-12H,2-4,9-10,13-14H2,1H3,(H,28,32). The van der Waals surface area contributed by atoms with E-state index < -0.39 is 18.2 Å². The number of carbonyl (C=O) groups excluding carboxylic acids is 1. The van der Waals surface area contributed by atoms with E-state index in [1.807, 2.05) is 12.1 Å². The molecule has 1 aromatic carbocycles. The molecule has 1 fully saturated rings. The van der Waals surface area contributed by atoms with Crippen LogP contribution >= 0.6 is 0 Å². The third-order valence-electron chi connectivity index (χ3n) is 5.50. The van der Waals surface area contributed by atoms with Gasteiger partial charge in [-0.3, -0.25) is 0 Å². The number of rotatable bonds is 7. The highest BCUT2D eigenvalue weighted by Gasteiger charge is 2.38. The van der Waals surface area contributed by atoms with E-state index in [1.165, 1.54) is 25.7 Å². The molecule has 0 atom stereocenters. The van der Waals surface area contributed by atoms with E-state index in [4.69, 9.17) is 9.47 Å². The topological polar surface area (TPSA) is 103 Å². The lowest BCUT2D eigenvalue weighted by molar-refractivity contribution is -0.159. The maximum absolute atomic E-state index is 12.7. The van der Waals surface area contributed by atoms with E-state index in [0.29, 0.717) is 11.3 Å². The van der Waals surface area contributed by atoms with Crippen LogP contribution in [0.15, 0.2) is 41.1 Å². The minimum absolute atomic E-state index is 0.0640. The van der Waals surface area contributed by atoms with Crippen LogP contribution in [0.4, 0.5) is 23.8 Å². The molecule has 0 spiro atoms. The van der Waals surface area contributed by atoms with Crippen molar-refractivity contribution in [1.82, 2.24) is 20.4 Å². The van der Waals surface area contributed by atoms with Crippen molar-refractivity contribution in [3.63, 3.8) is 0 Å². The number of alkyl halides is 3. The van der Waals surface area contributed by atoms with Gasteiger partial charge in [0.1, 0.15) is 18.2 Å². The van der Waals surface area contributed by atoms with Crippen LogP contribution in [0, 0.1) is 0 Å². The molecule has 0 saturated carbocycles. The van der Waals surface area contributed by atoms with E-state index in [-0.39, 0.29) is 24.5 Å². The van der Waals surface area contributed by atoms with Gasteiger partial charge >= 0.3 is 18.2 Å². The quantitative estimate of drug-likeness (QED) is 0.513. The highest BCUT2D eigenvalue weighted by Crippen LogP contribution is 2.31. The van der Waals surface area contributed by atoms with E-state index in [0.717, 1.165) is 37.3 Å². The summed E-state index contributed by atoms with van der Waals surface area (Å²) in [6.07, 6.45) is -0.0994. The molecule has 186 valence electrons. The molecule has 1 amide bonds. The normalized spacial score (nSPS) is 14.0. The van der Waals surface area contributed by atoms with Crippen LogP contribution in [0.1, 0.15) is 36.3 Å². The third kappa shape index (κ3) is 6.19. The highest BCUT2D eigenvalue weighted by atomic mass is 19.4. The first kappa shape index (κ1) is 24.3. The molecule has 35 heavy (non-hydrogen) atoms. The summed E-state index contributed by atoms with van der Waals surface area (Å²) in [5.74, 6) is -0.409. The molecule has 0 bridgehead atoms. The van der Waals surface area contributed by atoms with Crippen molar-refractivity contribution in [3.05, 3.63) is 53.5 Å². The van der Waals surface area contributed by atoms with E-state index in [9.17, 15) is 18.0 Å². The van der Waals surface area contributed by atoms with Crippen molar-refractivity contribution in [1.29, 1.82) is 0 Å². The second-order valence-corrected chi connectivity index (χ2v) is 7.95. The predicted molar refractivity (Wildman–Crippen MR) is 119 cm³/mol. The van der Waals surface area contributed by atoms with Gasteiger partial charge in [0, 0.05) is 42.5 Å². The molecule has 3 aromatic rings. The zero-order valence-corrected chi connectivity index (χ0v) is 19.0. The van der Waals surface area contributed by atoms with Gasteiger partial charge in [0.05, 0.1) is 7.11 Å². The molecule has 1 aliphatic rings. The second kappa shape index (κ2) is 10.6. The summed E-state index contributed by atoms with van der Waals surface area (Å²) < 4.78 is 52.9. The number of carbonyl (C=O) groups is 1. The molecule has 1 aliphatic heterocycles. The summed E-state index contributed by atoms with van der Waals surface area (Å²) in [5, 5.41) is 5.98. The Labute approximate surface area is 199 Å². The van der Waals surface area contributed by atoms with Crippen LogP contribution in [0.5, 0.6) is 5.75 Å². The molecule has 0 radical (unpaired) electrons. The first-order chi connectivity index (χ1) is 16.8.